The molecule has 14 rings (SSSR count). The average Bonchev–Trinajstić information content (AvgIpc) is 3.25. The second-order valence-electron chi connectivity index (χ2n) is 27.6. The smallest absolute Gasteiger partial charge is 0.252 e. The summed E-state index contributed by atoms with van der Waals surface area (Å²) >= 11 is 0. The fourth-order valence-corrected chi connectivity index (χ4v) is 15.9. The SMILES string of the molecule is CC(C)(C)c1ccc2c(c1)B1c3cccc4c3N(c3cc(N5c6ccc(C(C)(C)C)cc6C6(C)CCc7ccccc7C56C)cc(c31)N2c1ccc(C(C)(C)C)cc1-c1ccccc1)C1(C)c2ccccc2CCC41C. The maximum atomic E-state index is 2.90. The Hall–Kier alpha value is -6.78. The summed E-state index contributed by atoms with van der Waals surface area (Å²) in [5.74, 6) is 0. The van der Waals surface area contributed by atoms with Crippen LogP contribution < -0.4 is 31.1 Å². The number of hydrogen-bond acceptors (Lipinski definition) is 3. The second-order valence-corrected chi connectivity index (χ2v) is 27.6. The Morgan fingerprint density at radius 3 is 1.55 bits per heavy atom. The summed E-state index contributed by atoms with van der Waals surface area (Å²) in [6.07, 6.45) is 4.28. The standard InChI is InChI=1S/C72H74BN3/c1-66(2,3)48-30-33-59(52(40-48)45-22-15-14-16-23-45)74-61-35-32-50(68(7,8)9)42-58(61)73-57-29-21-28-55-65(57)76(72(13)54-27-20-18-25-47(54)36-38-69(55,72)10)63-44-51(43-62(74)64(63)73)75-60-34-31-49(67(4,5)6)41-56(60)70(11)39-37-46-24-17-19-26-53(46)71(70,75)12/h14-35,40-44H,36-39H2,1-13H3. The number of rotatable bonds is 3. The first-order chi connectivity index (χ1) is 36.1. The fourth-order valence-electron chi connectivity index (χ4n) is 15.9. The summed E-state index contributed by atoms with van der Waals surface area (Å²) in [6, 6.07) is 65.2. The van der Waals surface area contributed by atoms with Gasteiger partial charge >= 0.3 is 0 Å². The van der Waals surface area contributed by atoms with Gasteiger partial charge in [-0.1, -0.05) is 204 Å². The van der Waals surface area contributed by atoms with Gasteiger partial charge < -0.3 is 14.7 Å². The van der Waals surface area contributed by atoms with Crippen molar-refractivity contribution in [3.8, 4) is 11.1 Å². The molecule has 6 aliphatic rings. The van der Waals surface area contributed by atoms with Crippen LogP contribution in [-0.2, 0) is 51.0 Å². The van der Waals surface area contributed by atoms with Gasteiger partial charge in [-0.25, -0.2) is 0 Å². The Balaban J connectivity index is 1.15. The maximum absolute atomic E-state index is 2.90. The van der Waals surface area contributed by atoms with Gasteiger partial charge in [0.25, 0.3) is 6.71 Å². The molecule has 0 bridgehead atoms. The van der Waals surface area contributed by atoms with Crippen molar-refractivity contribution in [3.63, 3.8) is 0 Å². The molecule has 76 heavy (non-hydrogen) atoms. The number of nitrogens with zero attached hydrogens (tertiary/aromatic N) is 3. The lowest BCUT2D eigenvalue weighted by Crippen LogP contribution is -2.64. The molecule has 0 radical (unpaired) electrons. The van der Waals surface area contributed by atoms with E-state index in [-0.39, 0.29) is 39.3 Å². The van der Waals surface area contributed by atoms with Crippen molar-refractivity contribution in [2.45, 2.75) is 154 Å². The molecule has 4 atom stereocenters. The lowest BCUT2D eigenvalue weighted by Gasteiger charge is -2.54. The van der Waals surface area contributed by atoms with Crippen LogP contribution in [0.4, 0.5) is 39.8 Å². The number of anilines is 7. The molecule has 0 saturated carbocycles. The third-order valence-corrected chi connectivity index (χ3v) is 20.6. The molecule has 0 fully saturated rings. The highest BCUT2D eigenvalue weighted by atomic mass is 15.3. The van der Waals surface area contributed by atoms with Crippen LogP contribution in [0.25, 0.3) is 11.1 Å². The molecule has 2 aliphatic carbocycles. The summed E-state index contributed by atoms with van der Waals surface area (Å²) in [6.45, 7) is 31.7. The highest BCUT2D eigenvalue weighted by Crippen LogP contribution is 2.68. The minimum Gasteiger partial charge on any atom is -0.331 e. The van der Waals surface area contributed by atoms with Gasteiger partial charge in [-0.15, -0.1) is 0 Å². The molecule has 4 aliphatic heterocycles. The Bertz CT molecular complexity index is 3770. The summed E-state index contributed by atoms with van der Waals surface area (Å²) < 4.78 is 0. The Morgan fingerprint density at radius 2 is 0.921 bits per heavy atom. The predicted molar refractivity (Wildman–Crippen MR) is 323 cm³/mol. The molecule has 0 amide bonds. The molecule has 0 spiro atoms. The van der Waals surface area contributed by atoms with Gasteiger partial charge in [-0.05, 0) is 164 Å². The van der Waals surface area contributed by atoms with E-state index in [4.69, 9.17) is 0 Å². The van der Waals surface area contributed by atoms with Crippen molar-refractivity contribution in [2.24, 2.45) is 0 Å². The minimum absolute atomic E-state index is 0.00572. The molecule has 3 nitrogen and oxygen atoms in total. The second kappa shape index (κ2) is 15.5. The Kier molecular flexibility index (Phi) is 9.69. The number of fused-ring (bicyclic) bond motifs is 14. The molecule has 4 heteroatoms. The zero-order chi connectivity index (χ0) is 52.9. The van der Waals surface area contributed by atoms with E-state index in [1.54, 1.807) is 0 Å². The van der Waals surface area contributed by atoms with Crippen LogP contribution in [0, 0.1) is 0 Å². The average molecular weight is 992 g/mol. The Labute approximate surface area is 454 Å². The summed E-state index contributed by atoms with van der Waals surface area (Å²) in [4.78, 5) is 8.46. The fraction of sp³-hybridized carbons (Fsp3) is 0.333. The van der Waals surface area contributed by atoms with E-state index in [0.29, 0.717) is 0 Å². The van der Waals surface area contributed by atoms with E-state index in [9.17, 15) is 0 Å². The quantitative estimate of drug-likeness (QED) is 0.163. The van der Waals surface area contributed by atoms with Gasteiger partial charge in [-0.3, -0.25) is 0 Å². The third kappa shape index (κ3) is 6.08. The highest BCUT2D eigenvalue weighted by Gasteiger charge is 2.64. The van der Waals surface area contributed by atoms with Crippen LogP contribution in [0.5, 0.6) is 0 Å². The van der Waals surface area contributed by atoms with Gasteiger partial charge in [-0.2, -0.15) is 0 Å². The highest BCUT2D eigenvalue weighted by molar-refractivity contribution is 7.00. The van der Waals surface area contributed by atoms with Crippen LogP contribution >= 0.6 is 0 Å². The van der Waals surface area contributed by atoms with Crippen LogP contribution in [0.15, 0.2) is 164 Å². The van der Waals surface area contributed by atoms with Gasteiger partial charge in [0.1, 0.15) is 0 Å². The maximum Gasteiger partial charge on any atom is 0.252 e. The van der Waals surface area contributed by atoms with E-state index in [1.165, 1.54) is 117 Å². The largest absolute Gasteiger partial charge is 0.331 e. The number of benzene rings is 8. The topological polar surface area (TPSA) is 9.72 Å². The van der Waals surface area contributed by atoms with Crippen molar-refractivity contribution >= 4 is 62.9 Å². The summed E-state index contributed by atoms with van der Waals surface area (Å²) in [5, 5.41) is 0. The molecule has 0 saturated heterocycles. The molecule has 4 heterocycles. The summed E-state index contributed by atoms with van der Waals surface area (Å²) in [7, 11) is 0. The zero-order valence-corrected chi connectivity index (χ0v) is 47.3. The molecular weight excluding hydrogens is 918 g/mol. The van der Waals surface area contributed by atoms with Gasteiger partial charge in [0.05, 0.1) is 16.8 Å². The molecule has 0 aromatic heterocycles. The predicted octanol–water partition coefficient (Wildman–Crippen LogP) is 16.4. The van der Waals surface area contributed by atoms with E-state index < -0.39 is 5.54 Å². The van der Waals surface area contributed by atoms with Crippen LogP contribution in [-0.4, -0.2) is 6.71 Å². The number of para-hydroxylation sites is 1. The molecule has 8 aromatic carbocycles. The van der Waals surface area contributed by atoms with Crippen molar-refractivity contribution in [1.29, 1.82) is 0 Å². The van der Waals surface area contributed by atoms with Crippen LogP contribution in [0.2, 0.25) is 0 Å². The molecule has 4 unspecified atom stereocenters. The molecule has 0 N–H and O–H groups in total. The first-order valence-electron chi connectivity index (χ1n) is 28.5. The lowest BCUT2D eigenvalue weighted by molar-refractivity contribution is 0.244. The zero-order valence-electron chi connectivity index (χ0n) is 47.3. The minimum atomic E-state index is -0.401. The van der Waals surface area contributed by atoms with Crippen molar-refractivity contribution < 1.29 is 0 Å². The van der Waals surface area contributed by atoms with E-state index >= 15 is 0 Å². The molecular formula is C72H74BN3. The first kappa shape index (κ1) is 47.7. The van der Waals surface area contributed by atoms with Crippen molar-refractivity contribution in [3.05, 3.63) is 214 Å². The van der Waals surface area contributed by atoms with Gasteiger partial charge in [0, 0.05) is 50.5 Å². The van der Waals surface area contributed by atoms with E-state index in [2.05, 4.69) is 269 Å². The number of hydrogen-bond donors (Lipinski definition) is 0. The number of aryl methyl sites for hydroxylation is 2. The monoisotopic (exact) mass is 992 g/mol. The van der Waals surface area contributed by atoms with Gasteiger partial charge in [0.2, 0.25) is 0 Å². The first-order valence-corrected chi connectivity index (χ1v) is 28.5. The van der Waals surface area contributed by atoms with Gasteiger partial charge in [0.15, 0.2) is 0 Å². The normalized spacial score (nSPS) is 23.5. The third-order valence-electron chi connectivity index (χ3n) is 20.6. The Morgan fingerprint density at radius 1 is 0.408 bits per heavy atom. The van der Waals surface area contributed by atoms with Crippen molar-refractivity contribution in [1.82, 2.24) is 0 Å². The lowest BCUT2D eigenvalue weighted by atomic mass is 9.33. The molecule has 380 valence electrons. The van der Waals surface area contributed by atoms with Crippen LogP contribution in [0.3, 0.4) is 0 Å². The summed E-state index contributed by atoms with van der Waals surface area (Å²) in [5.41, 5.74) is 27.4. The molecule has 8 aromatic rings. The van der Waals surface area contributed by atoms with Crippen molar-refractivity contribution in [2.75, 3.05) is 14.7 Å². The van der Waals surface area contributed by atoms with E-state index in [1.807, 2.05) is 0 Å². The van der Waals surface area contributed by atoms with E-state index in [0.717, 1.165) is 25.7 Å². The van der Waals surface area contributed by atoms with Crippen LogP contribution in [0.1, 0.15) is 153 Å².